The van der Waals surface area contributed by atoms with Crippen LogP contribution in [0.25, 0.3) is 0 Å². The summed E-state index contributed by atoms with van der Waals surface area (Å²) < 4.78 is 5.78. The first-order valence-corrected chi connectivity index (χ1v) is 8.93. The summed E-state index contributed by atoms with van der Waals surface area (Å²) in [6.07, 6.45) is 13.4. The molecule has 0 radical (unpaired) electrons. The third-order valence-electron chi connectivity index (χ3n) is 5.53. The maximum Gasteiger partial charge on any atom is 0.309 e. The molecular weight excluding hydrogens is 248 g/mol. The van der Waals surface area contributed by atoms with Gasteiger partial charge in [-0.2, -0.15) is 0 Å². The van der Waals surface area contributed by atoms with Crippen LogP contribution in [-0.2, 0) is 9.53 Å². The Hall–Kier alpha value is -0.530. The van der Waals surface area contributed by atoms with Crippen molar-refractivity contribution in [1.82, 2.24) is 0 Å². The molecule has 2 saturated carbocycles. The highest BCUT2D eigenvalue weighted by molar-refractivity contribution is 5.72. The lowest BCUT2D eigenvalue weighted by Crippen LogP contribution is -2.30. The maximum absolute atomic E-state index is 12.3. The van der Waals surface area contributed by atoms with E-state index >= 15 is 0 Å². The SMILES string of the molecule is CCCC1CCC(C(=O)OC2CCC(CC)CC2)CC1. The van der Waals surface area contributed by atoms with Crippen LogP contribution in [0.2, 0.25) is 0 Å². The molecule has 0 bridgehead atoms. The summed E-state index contributed by atoms with van der Waals surface area (Å²) in [6, 6.07) is 0. The molecule has 0 amide bonds. The van der Waals surface area contributed by atoms with Crippen LogP contribution in [0.4, 0.5) is 0 Å². The molecule has 0 spiro atoms. The van der Waals surface area contributed by atoms with Crippen LogP contribution in [0.5, 0.6) is 0 Å². The van der Waals surface area contributed by atoms with Gasteiger partial charge in [-0.1, -0.05) is 33.1 Å². The van der Waals surface area contributed by atoms with Crippen LogP contribution in [0, 0.1) is 17.8 Å². The van der Waals surface area contributed by atoms with Gasteiger partial charge in [-0.05, 0) is 63.2 Å². The Morgan fingerprint density at radius 2 is 1.50 bits per heavy atom. The first-order valence-electron chi connectivity index (χ1n) is 8.93. The van der Waals surface area contributed by atoms with Crippen molar-refractivity contribution >= 4 is 5.97 Å². The second-order valence-electron chi connectivity index (χ2n) is 6.99. The molecule has 0 heterocycles. The lowest BCUT2D eigenvalue weighted by molar-refractivity contribution is -0.157. The fourth-order valence-corrected chi connectivity index (χ4v) is 4.01. The van der Waals surface area contributed by atoms with Gasteiger partial charge in [0.05, 0.1) is 5.92 Å². The van der Waals surface area contributed by atoms with E-state index in [-0.39, 0.29) is 18.0 Å². The second-order valence-corrected chi connectivity index (χ2v) is 6.99. The molecule has 2 aliphatic carbocycles. The number of esters is 1. The van der Waals surface area contributed by atoms with Gasteiger partial charge >= 0.3 is 5.97 Å². The molecule has 0 aliphatic heterocycles. The molecule has 2 nitrogen and oxygen atoms in total. The van der Waals surface area contributed by atoms with Crippen molar-refractivity contribution in [3.63, 3.8) is 0 Å². The van der Waals surface area contributed by atoms with E-state index in [1.165, 1.54) is 44.9 Å². The Kier molecular flexibility index (Phi) is 6.38. The van der Waals surface area contributed by atoms with E-state index in [4.69, 9.17) is 4.74 Å². The quantitative estimate of drug-likeness (QED) is 0.654. The highest BCUT2D eigenvalue weighted by Gasteiger charge is 2.30. The normalized spacial score (nSPS) is 34.7. The van der Waals surface area contributed by atoms with E-state index in [2.05, 4.69) is 13.8 Å². The van der Waals surface area contributed by atoms with Crippen LogP contribution in [-0.4, -0.2) is 12.1 Å². The summed E-state index contributed by atoms with van der Waals surface area (Å²) in [6.45, 7) is 4.53. The molecule has 0 aromatic carbocycles. The molecule has 0 saturated heterocycles. The number of carbonyl (C=O) groups excluding carboxylic acids is 1. The van der Waals surface area contributed by atoms with Crippen molar-refractivity contribution in [3.05, 3.63) is 0 Å². The summed E-state index contributed by atoms with van der Waals surface area (Å²) in [5.41, 5.74) is 0. The Morgan fingerprint density at radius 3 is 2.05 bits per heavy atom. The average molecular weight is 280 g/mol. The van der Waals surface area contributed by atoms with Crippen LogP contribution in [0.3, 0.4) is 0 Å². The van der Waals surface area contributed by atoms with Gasteiger partial charge in [0, 0.05) is 0 Å². The molecule has 0 unspecified atom stereocenters. The zero-order valence-corrected chi connectivity index (χ0v) is 13.4. The first kappa shape index (κ1) is 15.9. The van der Waals surface area contributed by atoms with Crippen LogP contribution < -0.4 is 0 Å². The van der Waals surface area contributed by atoms with E-state index < -0.39 is 0 Å². The molecule has 2 rings (SSSR count). The second kappa shape index (κ2) is 8.05. The maximum atomic E-state index is 12.3. The van der Waals surface area contributed by atoms with Gasteiger partial charge in [0.1, 0.15) is 6.10 Å². The average Bonchev–Trinajstić information content (AvgIpc) is 2.49. The fraction of sp³-hybridized carbons (Fsp3) is 0.944. The van der Waals surface area contributed by atoms with Crippen molar-refractivity contribution in [3.8, 4) is 0 Å². The van der Waals surface area contributed by atoms with Gasteiger partial charge < -0.3 is 4.74 Å². The summed E-state index contributed by atoms with van der Waals surface area (Å²) in [4.78, 5) is 12.3. The van der Waals surface area contributed by atoms with Crippen molar-refractivity contribution in [2.45, 2.75) is 90.6 Å². The lowest BCUT2D eigenvalue weighted by Gasteiger charge is -2.31. The van der Waals surface area contributed by atoms with Gasteiger partial charge in [0.15, 0.2) is 0 Å². The van der Waals surface area contributed by atoms with Crippen LogP contribution in [0.1, 0.15) is 84.5 Å². The summed E-state index contributed by atoms with van der Waals surface area (Å²) in [7, 11) is 0. The van der Waals surface area contributed by atoms with Gasteiger partial charge in [-0.25, -0.2) is 0 Å². The zero-order valence-electron chi connectivity index (χ0n) is 13.4. The molecule has 2 aliphatic rings. The number of carbonyl (C=O) groups is 1. The molecule has 20 heavy (non-hydrogen) atoms. The minimum atomic E-state index is 0.111. The molecule has 0 aromatic rings. The van der Waals surface area contributed by atoms with E-state index in [1.54, 1.807) is 0 Å². The Labute approximate surface area is 124 Å². The van der Waals surface area contributed by atoms with Gasteiger partial charge in [0.2, 0.25) is 0 Å². The molecule has 2 fully saturated rings. The van der Waals surface area contributed by atoms with Crippen molar-refractivity contribution in [2.24, 2.45) is 17.8 Å². The standard InChI is InChI=1S/C18H32O2/c1-3-5-15-6-10-16(11-7-15)18(19)20-17-12-8-14(4-2)9-13-17/h14-17H,3-13H2,1-2H3. The Bertz CT molecular complexity index is 284. The Morgan fingerprint density at radius 1 is 0.900 bits per heavy atom. The molecule has 0 atom stereocenters. The molecule has 2 heteroatoms. The largest absolute Gasteiger partial charge is 0.462 e. The zero-order chi connectivity index (χ0) is 14.4. The lowest BCUT2D eigenvalue weighted by atomic mass is 9.80. The summed E-state index contributed by atoms with van der Waals surface area (Å²) in [5.74, 6) is 2.05. The van der Waals surface area contributed by atoms with Gasteiger partial charge in [-0.15, -0.1) is 0 Å². The predicted molar refractivity (Wildman–Crippen MR) is 82.5 cm³/mol. The minimum Gasteiger partial charge on any atom is -0.462 e. The molecule has 116 valence electrons. The summed E-state index contributed by atoms with van der Waals surface area (Å²) in [5, 5.41) is 0. The van der Waals surface area contributed by atoms with E-state index in [1.807, 2.05) is 0 Å². The number of ether oxygens (including phenoxy) is 1. The number of hydrogen-bond acceptors (Lipinski definition) is 2. The van der Waals surface area contributed by atoms with Crippen LogP contribution >= 0.6 is 0 Å². The number of hydrogen-bond donors (Lipinski definition) is 0. The highest BCUT2D eigenvalue weighted by atomic mass is 16.5. The highest BCUT2D eigenvalue weighted by Crippen LogP contribution is 2.34. The molecule has 0 aromatic heterocycles. The van der Waals surface area contributed by atoms with Gasteiger partial charge in [0.25, 0.3) is 0 Å². The fourth-order valence-electron chi connectivity index (χ4n) is 4.01. The van der Waals surface area contributed by atoms with Gasteiger partial charge in [-0.3, -0.25) is 4.79 Å². The molecule has 0 N–H and O–H groups in total. The van der Waals surface area contributed by atoms with Crippen LogP contribution in [0.15, 0.2) is 0 Å². The third kappa shape index (κ3) is 4.49. The molecular formula is C18H32O2. The monoisotopic (exact) mass is 280 g/mol. The Balaban J connectivity index is 1.68. The summed E-state index contributed by atoms with van der Waals surface area (Å²) >= 11 is 0. The first-order chi connectivity index (χ1) is 9.72. The van der Waals surface area contributed by atoms with Crippen molar-refractivity contribution < 1.29 is 9.53 Å². The number of rotatable bonds is 5. The van der Waals surface area contributed by atoms with Crippen molar-refractivity contribution in [1.29, 1.82) is 0 Å². The van der Waals surface area contributed by atoms with E-state index in [9.17, 15) is 4.79 Å². The van der Waals surface area contributed by atoms with E-state index in [0.29, 0.717) is 0 Å². The third-order valence-corrected chi connectivity index (χ3v) is 5.53. The predicted octanol–water partition coefficient (Wildman–Crippen LogP) is 5.10. The minimum absolute atomic E-state index is 0.111. The van der Waals surface area contributed by atoms with Crippen molar-refractivity contribution in [2.75, 3.05) is 0 Å². The van der Waals surface area contributed by atoms with E-state index in [0.717, 1.165) is 37.5 Å². The smallest absolute Gasteiger partial charge is 0.309 e. The topological polar surface area (TPSA) is 26.3 Å².